The van der Waals surface area contributed by atoms with Gasteiger partial charge in [0.05, 0.1) is 11.0 Å². The molecule has 6 heteroatoms. The number of aromatic nitrogens is 2. The lowest BCUT2D eigenvalue weighted by atomic mass is 10.2. The van der Waals surface area contributed by atoms with Crippen LogP contribution < -0.4 is 15.4 Å². The number of H-pyrrole nitrogens is 1. The number of imidazole rings is 1. The smallest absolute Gasteiger partial charge is 0.409 e. The van der Waals surface area contributed by atoms with Crippen molar-refractivity contribution in [3.05, 3.63) is 72.8 Å². The SMILES string of the molecule is CN(c1ccccc1)c1ccc(-c2nc3ccc(OC(N)=O)cc3[nH]2)cc1. The largest absolute Gasteiger partial charge is 0.410 e. The summed E-state index contributed by atoms with van der Waals surface area (Å²) in [6, 6.07) is 23.5. The maximum absolute atomic E-state index is 10.9. The molecule has 0 aliphatic rings. The fraction of sp³-hybridized carbons (Fsp3) is 0.0476. The summed E-state index contributed by atoms with van der Waals surface area (Å²) in [6.07, 6.45) is -0.841. The summed E-state index contributed by atoms with van der Waals surface area (Å²) in [7, 11) is 2.03. The first-order chi connectivity index (χ1) is 13.1. The highest BCUT2D eigenvalue weighted by Gasteiger charge is 2.09. The van der Waals surface area contributed by atoms with E-state index in [0.29, 0.717) is 5.75 Å². The van der Waals surface area contributed by atoms with Gasteiger partial charge in [-0.3, -0.25) is 0 Å². The van der Waals surface area contributed by atoms with Crippen LogP contribution in [0.5, 0.6) is 5.75 Å². The van der Waals surface area contributed by atoms with E-state index in [9.17, 15) is 4.79 Å². The van der Waals surface area contributed by atoms with Crippen LogP contribution in [0.3, 0.4) is 0 Å². The number of amides is 1. The van der Waals surface area contributed by atoms with Crippen LogP contribution in [0.2, 0.25) is 0 Å². The average Bonchev–Trinajstić information content (AvgIpc) is 3.11. The third-order valence-electron chi connectivity index (χ3n) is 4.34. The van der Waals surface area contributed by atoms with E-state index in [1.54, 1.807) is 18.2 Å². The van der Waals surface area contributed by atoms with Crippen LogP contribution >= 0.6 is 0 Å². The van der Waals surface area contributed by atoms with Crippen LogP contribution in [0.4, 0.5) is 16.2 Å². The lowest BCUT2D eigenvalue weighted by Crippen LogP contribution is -2.16. The summed E-state index contributed by atoms with van der Waals surface area (Å²) in [5.74, 6) is 1.13. The molecule has 4 aromatic rings. The number of fused-ring (bicyclic) bond motifs is 1. The minimum Gasteiger partial charge on any atom is -0.410 e. The number of anilines is 2. The number of nitrogens with zero attached hydrogens (tertiary/aromatic N) is 2. The van der Waals surface area contributed by atoms with Gasteiger partial charge in [-0.05, 0) is 48.5 Å². The molecule has 0 saturated carbocycles. The topological polar surface area (TPSA) is 84.2 Å². The van der Waals surface area contributed by atoms with Gasteiger partial charge in [0.15, 0.2) is 0 Å². The molecule has 0 atom stereocenters. The number of carbonyl (C=O) groups is 1. The Hall–Kier alpha value is -3.80. The molecule has 0 radical (unpaired) electrons. The van der Waals surface area contributed by atoms with Gasteiger partial charge in [-0.25, -0.2) is 9.78 Å². The second-order valence-corrected chi connectivity index (χ2v) is 6.13. The Morgan fingerprint density at radius 1 is 1.00 bits per heavy atom. The number of hydrogen-bond acceptors (Lipinski definition) is 4. The highest BCUT2D eigenvalue weighted by Crippen LogP contribution is 2.28. The Labute approximate surface area is 156 Å². The second-order valence-electron chi connectivity index (χ2n) is 6.13. The molecule has 0 saturated heterocycles. The van der Waals surface area contributed by atoms with Gasteiger partial charge < -0.3 is 20.4 Å². The number of para-hydroxylation sites is 1. The fourth-order valence-electron chi connectivity index (χ4n) is 2.95. The second kappa shape index (κ2) is 6.84. The monoisotopic (exact) mass is 358 g/mol. The molecule has 0 fully saturated rings. The summed E-state index contributed by atoms with van der Waals surface area (Å²) in [6.45, 7) is 0. The number of benzene rings is 3. The summed E-state index contributed by atoms with van der Waals surface area (Å²) in [5, 5.41) is 0. The number of primary amides is 1. The average molecular weight is 358 g/mol. The number of rotatable bonds is 4. The molecule has 134 valence electrons. The molecular weight excluding hydrogens is 340 g/mol. The molecule has 27 heavy (non-hydrogen) atoms. The summed E-state index contributed by atoms with van der Waals surface area (Å²) in [4.78, 5) is 20.9. The van der Waals surface area contributed by atoms with Crippen molar-refractivity contribution in [2.24, 2.45) is 5.73 Å². The standard InChI is InChI=1S/C21H18N4O2/c1-25(15-5-3-2-4-6-15)16-9-7-14(8-10-16)20-23-18-12-11-17(27-21(22)26)13-19(18)24-20/h2-13H,1H3,(H2,22,26)(H,23,24). The number of hydrogen-bond donors (Lipinski definition) is 2. The van der Waals surface area contributed by atoms with E-state index in [1.165, 1.54) is 0 Å². The first-order valence-electron chi connectivity index (χ1n) is 8.46. The molecule has 1 heterocycles. The number of carbonyl (C=O) groups excluding carboxylic acids is 1. The van der Waals surface area contributed by atoms with Crippen molar-refractivity contribution < 1.29 is 9.53 Å². The maximum atomic E-state index is 10.9. The van der Waals surface area contributed by atoms with Gasteiger partial charge in [0.2, 0.25) is 0 Å². The maximum Gasteiger partial charge on any atom is 0.409 e. The Bertz CT molecular complexity index is 1090. The van der Waals surface area contributed by atoms with Gasteiger partial charge in [-0.15, -0.1) is 0 Å². The predicted molar refractivity (Wildman–Crippen MR) is 106 cm³/mol. The van der Waals surface area contributed by atoms with Crippen molar-refractivity contribution in [3.8, 4) is 17.1 Å². The van der Waals surface area contributed by atoms with Gasteiger partial charge in [-0.1, -0.05) is 18.2 Å². The van der Waals surface area contributed by atoms with Crippen LogP contribution in [0, 0.1) is 0 Å². The minimum absolute atomic E-state index is 0.380. The normalized spacial score (nSPS) is 10.7. The molecule has 0 spiro atoms. The van der Waals surface area contributed by atoms with Crippen molar-refractivity contribution in [1.82, 2.24) is 9.97 Å². The molecule has 0 aliphatic carbocycles. The quantitative estimate of drug-likeness (QED) is 0.564. The highest BCUT2D eigenvalue weighted by atomic mass is 16.5. The highest BCUT2D eigenvalue weighted by molar-refractivity contribution is 5.82. The van der Waals surface area contributed by atoms with Gasteiger partial charge in [0, 0.05) is 30.1 Å². The lowest BCUT2D eigenvalue weighted by Gasteiger charge is -2.19. The van der Waals surface area contributed by atoms with Crippen molar-refractivity contribution >= 4 is 28.5 Å². The molecule has 3 N–H and O–H groups in total. The molecule has 0 unspecified atom stereocenters. The zero-order valence-electron chi connectivity index (χ0n) is 14.7. The van der Waals surface area contributed by atoms with Gasteiger partial charge in [0.25, 0.3) is 0 Å². The Balaban J connectivity index is 1.61. The van der Waals surface area contributed by atoms with E-state index < -0.39 is 6.09 Å². The third-order valence-corrected chi connectivity index (χ3v) is 4.34. The Kier molecular flexibility index (Phi) is 4.22. The summed E-state index contributed by atoms with van der Waals surface area (Å²) >= 11 is 0. The van der Waals surface area contributed by atoms with E-state index in [4.69, 9.17) is 10.5 Å². The van der Waals surface area contributed by atoms with Crippen LogP contribution in [0.15, 0.2) is 72.8 Å². The van der Waals surface area contributed by atoms with Gasteiger partial charge in [-0.2, -0.15) is 0 Å². The van der Waals surface area contributed by atoms with E-state index >= 15 is 0 Å². The molecule has 0 bridgehead atoms. The molecule has 3 aromatic carbocycles. The molecule has 1 aromatic heterocycles. The van der Waals surface area contributed by atoms with Crippen molar-refractivity contribution in [2.45, 2.75) is 0 Å². The number of nitrogens with one attached hydrogen (secondary N) is 1. The first kappa shape index (κ1) is 16.7. The molecule has 0 aliphatic heterocycles. The molecule has 6 nitrogen and oxygen atoms in total. The van der Waals surface area contributed by atoms with Crippen LogP contribution in [0.25, 0.3) is 22.4 Å². The van der Waals surface area contributed by atoms with Crippen LogP contribution in [-0.4, -0.2) is 23.1 Å². The summed E-state index contributed by atoms with van der Waals surface area (Å²) < 4.78 is 4.91. The molecule has 1 amide bonds. The first-order valence-corrected chi connectivity index (χ1v) is 8.46. The van der Waals surface area contributed by atoms with E-state index in [2.05, 4.69) is 39.1 Å². The Morgan fingerprint density at radius 2 is 1.70 bits per heavy atom. The van der Waals surface area contributed by atoms with E-state index in [0.717, 1.165) is 33.8 Å². The molecular formula is C21H18N4O2. The fourth-order valence-corrected chi connectivity index (χ4v) is 2.95. The van der Waals surface area contributed by atoms with Crippen molar-refractivity contribution in [2.75, 3.05) is 11.9 Å². The zero-order chi connectivity index (χ0) is 18.8. The predicted octanol–water partition coefficient (Wildman–Crippen LogP) is 4.46. The van der Waals surface area contributed by atoms with Gasteiger partial charge in [0.1, 0.15) is 11.6 Å². The van der Waals surface area contributed by atoms with Crippen LogP contribution in [-0.2, 0) is 0 Å². The van der Waals surface area contributed by atoms with Crippen molar-refractivity contribution in [3.63, 3.8) is 0 Å². The third kappa shape index (κ3) is 3.46. The molecule has 4 rings (SSSR count). The number of nitrogens with two attached hydrogens (primary N) is 1. The van der Waals surface area contributed by atoms with E-state index in [1.807, 2.05) is 37.4 Å². The number of ether oxygens (including phenoxy) is 1. The lowest BCUT2D eigenvalue weighted by molar-refractivity contribution is 0.211. The van der Waals surface area contributed by atoms with Crippen LogP contribution in [0.1, 0.15) is 0 Å². The van der Waals surface area contributed by atoms with E-state index in [-0.39, 0.29) is 0 Å². The van der Waals surface area contributed by atoms with Gasteiger partial charge >= 0.3 is 6.09 Å². The zero-order valence-corrected chi connectivity index (χ0v) is 14.7. The Morgan fingerprint density at radius 3 is 2.41 bits per heavy atom. The van der Waals surface area contributed by atoms with Crippen molar-refractivity contribution in [1.29, 1.82) is 0 Å². The summed E-state index contributed by atoms with van der Waals surface area (Å²) in [5.41, 5.74) is 9.78. The minimum atomic E-state index is -0.841. The number of aromatic amines is 1.